The minimum absolute atomic E-state index is 0.142. The third-order valence-corrected chi connectivity index (χ3v) is 4.82. The predicted octanol–water partition coefficient (Wildman–Crippen LogP) is 3.88. The Morgan fingerprint density at radius 3 is 2.54 bits per heavy atom. The lowest BCUT2D eigenvalue weighted by Gasteiger charge is -2.17. The molecule has 1 aromatic heterocycles. The summed E-state index contributed by atoms with van der Waals surface area (Å²) >= 11 is 0. The molecule has 0 bridgehead atoms. The van der Waals surface area contributed by atoms with E-state index < -0.39 is 11.9 Å². The van der Waals surface area contributed by atoms with Gasteiger partial charge in [0.05, 0.1) is 7.11 Å². The average Bonchev–Trinajstić information content (AvgIpc) is 3.15. The molecular weight excluding hydrogens is 371 g/mol. The first-order chi connectivity index (χ1) is 13.3. The smallest absolute Gasteiger partial charge is 0.433 e. The lowest BCUT2D eigenvalue weighted by Crippen LogP contribution is -2.38. The Morgan fingerprint density at radius 1 is 1.21 bits per heavy atom. The number of carbonyl (C=O) groups is 1. The van der Waals surface area contributed by atoms with Crippen LogP contribution in [0, 0.1) is 5.92 Å². The Bertz CT molecular complexity index is 792. The second-order valence-corrected chi connectivity index (χ2v) is 6.86. The van der Waals surface area contributed by atoms with E-state index >= 15 is 0 Å². The summed E-state index contributed by atoms with van der Waals surface area (Å²) in [4.78, 5) is 17.5. The fourth-order valence-corrected chi connectivity index (χ4v) is 3.26. The van der Waals surface area contributed by atoms with E-state index in [1.54, 1.807) is 12.0 Å². The molecule has 1 atom stereocenters. The Labute approximate surface area is 161 Å². The third kappa shape index (κ3) is 5.15. The molecule has 1 unspecified atom stereocenters. The predicted molar refractivity (Wildman–Crippen MR) is 97.9 cm³/mol. The Morgan fingerprint density at radius 2 is 1.93 bits per heavy atom. The summed E-state index contributed by atoms with van der Waals surface area (Å²) in [6.45, 7) is 1.46. The number of alkyl halides is 3. The molecule has 0 radical (unpaired) electrons. The number of amides is 2. The van der Waals surface area contributed by atoms with Gasteiger partial charge in [0.2, 0.25) is 0 Å². The second-order valence-electron chi connectivity index (χ2n) is 6.86. The van der Waals surface area contributed by atoms with E-state index in [-0.39, 0.29) is 12.6 Å². The summed E-state index contributed by atoms with van der Waals surface area (Å²) in [6.07, 6.45) is -1.52. The van der Waals surface area contributed by atoms with Crippen LogP contribution in [0.4, 0.5) is 18.0 Å². The van der Waals surface area contributed by atoms with E-state index in [1.807, 2.05) is 24.3 Å². The fraction of sp³-hybridized carbons (Fsp3) is 0.400. The van der Waals surface area contributed by atoms with Gasteiger partial charge in [0.25, 0.3) is 0 Å². The fourth-order valence-electron chi connectivity index (χ4n) is 3.26. The van der Waals surface area contributed by atoms with Gasteiger partial charge in [0.1, 0.15) is 11.4 Å². The maximum absolute atomic E-state index is 12.5. The maximum Gasteiger partial charge on any atom is 0.433 e. The van der Waals surface area contributed by atoms with E-state index in [9.17, 15) is 18.0 Å². The summed E-state index contributed by atoms with van der Waals surface area (Å²) in [5.41, 5.74) is 0.780. The first kappa shape index (κ1) is 20.0. The van der Waals surface area contributed by atoms with Gasteiger partial charge in [-0.2, -0.15) is 13.2 Å². The van der Waals surface area contributed by atoms with Gasteiger partial charge in [0, 0.05) is 25.8 Å². The van der Waals surface area contributed by atoms with Gasteiger partial charge >= 0.3 is 12.2 Å². The van der Waals surface area contributed by atoms with E-state index in [2.05, 4.69) is 10.3 Å². The molecule has 2 heterocycles. The molecule has 28 heavy (non-hydrogen) atoms. The summed E-state index contributed by atoms with van der Waals surface area (Å²) < 4.78 is 42.7. The first-order valence-corrected chi connectivity index (χ1v) is 9.03. The number of halogens is 3. The van der Waals surface area contributed by atoms with Crippen molar-refractivity contribution in [3.05, 3.63) is 59.4 Å². The lowest BCUT2D eigenvalue weighted by molar-refractivity contribution is -0.141. The van der Waals surface area contributed by atoms with Gasteiger partial charge in [0.15, 0.2) is 0 Å². The molecule has 0 spiro atoms. The topological polar surface area (TPSA) is 54.5 Å². The number of aromatic nitrogens is 1. The normalized spacial score (nSPS) is 16.9. The molecule has 0 aliphatic carbocycles. The van der Waals surface area contributed by atoms with Crippen LogP contribution in [-0.2, 0) is 19.1 Å². The monoisotopic (exact) mass is 393 g/mol. The van der Waals surface area contributed by atoms with Crippen molar-refractivity contribution in [1.29, 1.82) is 0 Å². The Kier molecular flexibility index (Phi) is 6.06. The van der Waals surface area contributed by atoms with Gasteiger partial charge in [-0.25, -0.2) is 4.79 Å². The highest BCUT2D eigenvalue weighted by atomic mass is 19.4. The number of nitrogens with one attached hydrogen (secondary N) is 1. The van der Waals surface area contributed by atoms with Crippen molar-refractivity contribution >= 4 is 6.03 Å². The molecule has 8 heteroatoms. The van der Waals surface area contributed by atoms with E-state index in [0.717, 1.165) is 30.9 Å². The molecule has 1 aromatic carbocycles. The molecule has 150 valence electrons. The number of likely N-dealkylation sites (tertiary alicyclic amines) is 1. The number of hydrogen-bond donors (Lipinski definition) is 1. The summed E-state index contributed by atoms with van der Waals surface area (Å²) in [5.74, 6) is 1.20. The number of urea groups is 1. The Hall–Kier alpha value is -2.77. The van der Waals surface area contributed by atoms with Crippen LogP contribution in [0.3, 0.4) is 0 Å². The number of ether oxygens (including phenoxy) is 1. The number of methoxy groups -OCH3 is 1. The van der Waals surface area contributed by atoms with Crippen LogP contribution in [0.15, 0.2) is 42.6 Å². The van der Waals surface area contributed by atoms with Crippen LogP contribution >= 0.6 is 0 Å². The lowest BCUT2D eigenvalue weighted by atomic mass is 9.99. The van der Waals surface area contributed by atoms with Crippen LogP contribution in [0.1, 0.15) is 23.2 Å². The standard InChI is InChI=1S/C20H22F3N3O2/c1-28-17-5-2-14(3-6-17)10-15-8-9-26(13-15)19(27)25-12-16-4-7-18(24-11-16)20(21,22)23/h2-7,11,15H,8-10,12-13H2,1H3,(H,25,27). The number of nitrogens with zero attached hydrogens (tertiary/aromatic N) is 2. The minimum atomic E-state index is -4.46. The summed E-state index contributed by atoms with van der Waals surface area (Å²) in [6, 6.07) is 9.93. The van der Waals surface area contributed by atoms with Crippen LogP contribution in [0.25, 0.3) is 0 Å². The zero-order valence-electron chi connectivity index (χ0n) is 15.5. The molecular formula is C20H22F3N3O2. The molecule has 1 N–H and O–H groups in total. The quantitative estimate of drug-likeness (QED) is 0.839. The van der Waals surface area contributed by atoms with Crippen molar-refractivity contribution in [2.45, 2.75) is 25.6 Å². The van der Waals surface area contributed by atoms with Gasteiger partial charge in [-0.05, 0) is 48.1 Å². The first-order valence-electron chi connectivity index (χ1n) is 9.03. The largest absolute Gasteiger partial charge is 0.497 e. The van der Waals surface area contributed by atoms with Crippen molar-refractivity contribution in [2.24, 2.45) is 5.92 Å². The third-order valence-electron chi connectivity index (χ3n) is 4.82. The van der Waals surface area contributed by atoms with Gasteiger partial charge in [-0.3, -0.25) is 4.98 Å². The molecule has 1 aliphatic rings. The van der Waals surface area contributed by atoms with E-state index in [0.29, 0.717) is 24.6 Å². The number of pyridine rings is 1. The molecule has 1 fully saturated rings. The highest BCUT2D eigenvalue weighted by molar-refractivity contribution is 5.74. The Balaban J connectivity index is 1.46. The SMILES string of the molecule is COc1ccc(CC2CCN(C(=O)NCc3ccc(C(F)(F)F)nc3)C2)cc1. The van der Waals surface area contributed by atoms with E-state index in [1.165, 1.54) is 11.6 Å². The summed E-state index contributed by atoms with van der Waals surface area (Å²) in [7, 11) is 1.63. The van der Waals surface area contributed by atoms with Crippen LogP contribution < -0.4 is 10.1 Å². The molecule has 1 saturated heterocycles. The highest BCUT2D eigenvalue weighted by Gasteiger charge is 2.32. The van der Waals surface area contributed by atoms with Crippen LogP contribution in [-0.4, -0.2) is 36.1 Å². The molecule has 1 aliphatic heterocycles. The molecule has 5 nitrogen and oxygen atoms in total. The number of hydrogen-bond acceptors (Lipinski definition) is 3. The van der Waals surface area contributed by atoms with Crippen molar-refractivity contribution in [2.75, 3.05) is 20.2 Å². The second kappa shape index (κ2) is 8.50. The zero-order valence-corrected chi connectivity index (χ0v) is 15.5. The number of benzene rings is 1. The van der Waals surface area contributed by atoms with Crippen molar-refractivity contribution in [3.63, 3.8) is 0 Å². The van der Waals surface area contributed by atoms with Crippen molar-refractivity contribution < 1.29 is 22.7 Å². The number of rotatable bonds is 5. The number of carbonyl (C=O) groups excluding carboxylic acids is 1. The maximum atomic E-state index is 12.5. The van der Waals surface area contributed by atoms with Crippen molar-refractivity contribution in [1.82, 2.24) is 15.2 Å². The summed E-state index contributed by atoms with van der Waals surface area (Å²) in [5, 5.41) is 2.75. The van der Waals surface area contributed by atoms with Gasteiger partial charge in [-0.1, -0.05) is 18.2 Å². The molecule has 2 aromatic rings. The highest BCUT2D eigenvalue weighted by Crippen LogP contribution is 2.27. The van der Waals surface area contributed by atoms with Gasteiger partial charge < -0.3 is 15.0 Å². The van der Waals surface area contributed by atoms with E-state index in [4.69, 9.17) is 4.74 Å². The molecule has 2 amide bonds. The molecule has 3 rings (SSSR count). The zero-order chi connectivity index (χ0) is 20.1. The molecule has 0 saturated carbocycles. The van der Waals surface area contributed by atoms with Gasteiger partial charge in [-0.15, -0.1) is 0 Å². The van der Waals surface area contributed by atoms with Crippen molar-refractivity contribution in [3.8, 4) is 5.75 Å². The van der Waals surface area contributed by atoms with Crippen LogP contribution in [0.5, 0.6) is 5.75 Å². The minimum Gasteiger partial charge on any atom is -0.497 e. The van der Waals surface area contributed by atoms with Crippen LogP contribution in [0.2, 0.25) is 0 Å². The average molecular weight is 393 g/mol.